The first-order chi connectivity index (χ1) is 10.7. The summed E-state index contributed by atoms with van der Waals surface area (Å²) in [5, 5.41) is 8.87. The Morgan fingerprint density at radius 3 is 3.05 bits per heavy atom. The van der Waals surface area contributed by atoms with Crippen LogP contribution < -0.4 is 0 Å². The number of furan rings is 1. The minimum absolute atomic E-state index is 0.183. The maximum atomic E-state index is 11.3. The topological polar surface area (TPSA) is 95.9 Å². The number of carbonyl (C=O) groups excluding carboxylic acids is 1. The number of fused-ring (bicyclic) bond motifs is 1. The van der Waals surface area contributed by atoms with Gasteiger partial charge in [0.15, 0.2) is 11.2 Å². The second-order valence-electron chi connectivity index (χ2n) is 4.30. The minimum atomic E-state index is -0.494. The van der Waals surface area contributed by atoms with Gasteiger partial charge in [-0.1, -0.05) is 17.0 Å². The van der Waals surface area contributed by atoms with E-state index in [0.717, 1.165) is 5.03 Å². The zero-order valence-corrected chi connectivity index (χ0v) is 12.8. The van der Waals surface area contributed by atoms with Crippen molar-refractivity contribution in [3.05, 3.63) is 30.0 Å². The molecule has 0 saturated carbocycles. The predicted molar refractivity (Wildman–Crippen MR) is 78.4 cm³/mol. The largest absolute Gasteiger partial charge is 0.463 e. The molecule has 3 aromatic rings. The number of esters is 1. The highest BCUT2D eigenvalue weighted by Crippen LogP contribution is 2.26. The van der Waals surface area contributed by atoms with Crippen LogP contribution in [-0.4, -0.2) is 38.0 Å². The molecule has 0 atom stereocenters. The van der Waals surface area contributed by atoms with Gasteiger partial charge in [0.2, 0.25) is 5.76 Å². The van der Waals surface area contributed by atoms with Gasteiger partial charge in [0.05, 0.1) is 12.9 Å². The molecule has 8 nitrogen and oxygen atoms in total. The monoisotopic (exact) mass is 319 g/mol. The van der Waals surface area contributed by atoms with E-state index in [-0.39, 0.29) is 5.76 Å². The fraction of sp³-hybridized carbons (Fsp3) is 0.308. The lowest BCUT2D eigenvalue weighted by Gasteiger charge is -2.00. The quantitative estimate of drug-likeness (QED) is 0.400. The number of methoxy groups -OCH3 is 1. The van der Waals surface area contributed by atoms with Crippen LogP contribution in [0.3, 0.4) is 0 Å². The fourth-order valence-corrected chi connectivity index (χ4v) is 2.72. The molecule has 3 rings (SSSR count). The van der Waals surface area contributed by atoms with E-state index in [9.17, 15) is 4.79 Å². The van der Waals surface area contributed by atoms with Gasteiger partial charge in [0.1, 0.15) is 17.1 Å². The summed E-state index contributed by atoms with van der Waals surface area (Å²) in [6, 6.07) is 3.32. The van der Waals surface area contributed by atoms with Gasteiger partial charge in [-0.15, -0.1) is 5.10 Å². The number of aromatic nitrogens is 5. The molecule has 22 heavy (non-hydrogen) atoms. The van der Waals surface area contributed by atoms with Crippen LogP contribution >= 0.6 is 11.8 Å². The standard InChI is InChI=1S/C13H13N5O3S/c1-3-18-11-10(16-17-18)12(15-7-14-11)22-6-8-4-5-9(21-8)13(19)20-2/h4-5,7H,3,6H2,1-2H3. The molecule has 0 bridgehead atoms. The van der Waals surface area contributed by atoms with E-state index in [1.54, 1.807) is 16.8 Å². The predicted octanol–water partition coefficient (Wildman–Crippen LogP) is 1.91. The number of rotatable bonds is 5. The third-order valence-electron chi connectivity index (χ3n) is 2.97. The van der Waals surface area contributed by atoms with Crippen molar-refractivity contribution in [2.24, 2.45) is 0 Å². The van der Waals surface area contributed by atoms with Gasteiger partial charge in [0.25, 0.3) is 0 Å². The van der Waals surface area contributed by atoms with Crippen molar-refractivity contribution in [2.45, 2.75) is 24.2 Å². The summed E-state index contributed by atoms with van der Waals surface area (Å²) in [7, 11) is 1.31. The lowest BCUT2D eigenvalue weighted by atomic mass is 10.4. The molecule has 0 aliphatic rings. The molecule has 0 aliphatic carbocycles. The van der Waals surface area contributed by atoms with Gasteiger partial charge in [-0.25, -0.2) is 19.4 Å². The molecular formula is C13H13N5O3S. The second kappa shape index (κ2) is 6.14. The molecule has 9 heteroatoms. The number of aryl methyl sites for hydroxylation is 1. The van der Waals surface area contributed by atoms with Crippen LogP contribution in [0.15, 0.2) is 27.9 Å². The summed E-state index contributed by atoms with van der Waals surface area (Å²) in [4.78, 5) is 19.8. The van der Waals surface area contributed by atoms with Crippen LogP contribution in [0.4, 0.5) is 0 Å². The van der Waals surface area contributed by atoms with Crippen molar-refractivity contribution in [3.63, 3.8) is 0 Å². The molecule has 114 valence electrons. The second-order valence-corrected chi connectivity index (χ2v) is 5.27. The van der Waals surface area contributed by atoms with Gasteiger partial charge in [-0.05, 0) is 19.1 Å². The highest BCUT2D eigenvalue weighted by molar-refractivity contribution is 7.98. The highest BCUT2D eigenvalue weighted by Gasteiger charge is 2.14. The van der Waals surface area contributed by atoms with E-state index in [1.807, 2.05) is 6.92 Å². The SMILES string of the molecule is CCn1nnc2c(SCc3ccc(C(=O)OC)o3)ncnc21. The first-order valence-electron chi connectivity index (χ1n) is 6.57. The molecule has 0 fully saturated rings. The van der Waals surface area contributed by atoms with Crippen LogP contribution in [0.5, 0.6) is 0 Å². The summed E-state index contributed by atoms with van der Waals surface area (Å²) in [6.07, 6.45) is 1.49. The molecule has 3 aromatic heterocycles. The molecule has 0 amide bonds. The Morgan fingerprint density at radius 2 is 2.27 bits per heavy atom. The van der Waals surface area contributed by atoms with Crippen LogP contribution in [-0.2, 0) is 17.0 Å². The number of thioether (sulfide) groups is 1. The van der Waals surface area contributed by atoms with Gasteiger partial charge < -0.3 is 9.15 Å². The Morgan fingerprint density at radius 1 is 1.41 bits per heavy atom. The number of hydrogen-bond acceptors (Lipinski definition) is 8. The zero-order chi connectivity index (χ0) is 15.5. The van der Waals surface area contributed by atoms with Crippen molar-refractivity contribution >= 4 is 28.9 Å². The Bertz CT molecular complexity index is 813. The number of carbonyl (C=O) groups is 1. The Labute approximate surface area is 129 Å². The average Bonchev–Trinajstić information content (AvgIpc) is 3.18. The van der Waals surface area contributed by atoms with Gasteiger partial charge in [-0.2, -0.15) is 0 Å². The number of ether oxygens (including phenoxy) is 1. The highest BCUT2D eigenvalue weighted by atomic mass is 32.2. The van der Waals surface area contributed by atoms with E-state index in [4.69, 9.17) is 4.42 Å². The van der Waals surface area contributed by atoms with E-state index >= 15 is 0 Å². The maximum absolute atomic E-state index is 11.3. The Balaban J connectivity index is 1.78. The van der Waals surface area contributed by atoms with Gasteiger partial charge in [0, 0.05) is 6.54 Å². The van der Waals surface area contributed by atoms with Crippen LogP contribution in [0.25, 0.3) is 11.2 Å². The molecule has 0 N–H and O–H groups in total. The Hall–Kier alpha value is -2.42. The maximum Gasteiger partial charge on any atom is 0.373 e. The van der Waals surface area contributed by atoms with E-state index < -0.39 is 5.97 Å². The molecule has 0 unspecified atom stereocenters. The van der Waals surface area contributed by atoms with E-state index in [2.05, 4.69) is 25.0 Å². The zero-order valence-electron chi connectivity index (χ0n) is 12.0. The smallest absolute Gasteiger partial charge is 0.373 e. The molecule has 0 spiro atoms. The molecule has 0 radical (unpaired) electrons. The van der Waals surface area contributed by atoms with Gasteiger partial charge >= 0.3 is 5.97 Å². The van der Waals surface area contributed by atoms with Crippen molar-refractivity contribution < 1.29 is 13.9 Å². The number of nitrogens with zero attached hydrogens (tertiary/aromatic N) is 5. The van der Waals surface area contributed by atoms with Crippen LogP contribution in [0, 0.1) is 0 Å². The third kappa shape index (κ3) is 2.67. The number of hydrogen-bond donors (Lipinski definition) is 0. The fourth-order valence-electron chi connectivity index (χ4n) is 1.90. The average molecular weight is 319 g/mol. The first-order valence-corrected chi connectivity index (χ1v) is 7.55. The summed E-state index contributed by atoms with van der Waals surface area (Å²) < 4.78 is 11.7. The van der Waals surface area contributed by atoms with Crippen molar-refractivity contribution in [2.75, 3.05) is 7.11 Å². The minimum Gasteiger partial charge on any atom is -0.463 e. The third-order valence-corrected chi connectivity index (χ3v) is 3.97. The molecule has 0 aromatic carbocycles. The lowest BCUT2D eigenvalue weighted by molar-refractivity contribution is 0.0563. The van der Waals surface area contributed by atoms with Crippen molar-refractivity contribution in [1.29, 1.82) is 0 Å². The van der Waals surface area contributed by atoms with Crippen LogP contribution in [0.2, 0.25) is 0 Å². The Kier molecular flexibility index (Phi) is 4.05. The van der Waals surface area contributed by atoms with Crippen molar-refractivity contribution in [3.8, 4) is 0 Å². The summed E-state index contributed by atoms with van der Waals surface area (Å²) in [6.45, 7) is 2.67. The molecule has 0 aliphatic heterocycles. The lowest BCUT2D eigenvalue weighted by Crippen LogP contribution is -1.98. The molecule has 3 heterocycles. The van der Waals surface area contributed by atoms with E-state index in [0.29, 0.717) is 29.2 Å². The van der Waals surface area contributed by atoms with Crippen molar-refractivity contribution in [1.82, 2.24) is 25.0 Å². The van der Waals surface area contributed by atoms with Crippen LogP contribution in [0.1, 0.15) is 23.2 Å². The first kappa shape index (κ1) is 14.5. The molecule has 0 saturated heterocycles. The summed E-state index contributed by atoms with van der Waals surface area (Å²) >= 11 is 1.45. The molecular weight excluding hydrogens is 306 g/mol. The van der Waals surface area contributed by atoms with E-state index in [1.165, 1.54) is 25.2 Å². The normalized spacial score (nSPS) is 11.0. The summed E-state index contributed by atoms with van der Waals surface area (Å²) in [5.41, 5.74) is 1.36. The summed E-state index contributed by atoms with van der Waals surface area (Å²) in [5.74, 6) is 0.858. The van der Waals surface area contributed by atoms with Gasteiger partial charge in [-0.3, -0.25) is 0 Å².